The second kappa shape index (κ2) is 17.2. The number of amides is 3. The van der Waals surface area contributed by atoms with Gasteiger partial charge in [0, 0.05) is 13.0 Å². The Morgan fingerprint density at radius 3 is 2.19 bits per heavy atom. The summed E-state index contributed by atoms with van der Waals surface area (Å²) in [6.45, 7) is 7.95. The van der Waals surface area contributed by atoms with Gasteiger partial charge in [0.05, 0.1) is 18.2 Å². The molecule has 0 radical (unpaired) electrons. The molecule has 0 unspecified atom stereocenters. The number of nitrogens with one attached hydrogen (secondary N) is 3. The normalized spacial score (nSPS) is 25.4. The summed E-state index contributed by atoms with van der Waals surface area (Å²) >= 11 is 0. The lowest BCUT2D eigenvalue weighted by molar-refractivity contribution is -0.147. The van der Waals surface area contributed by atoms with Gasteiger partial charge in [-0.25, -0.2) is 0 Å². The molecule has 52 heavy (non-hydrogen) atoms. The number of aryl methyl sites for hydroxylation is 1. The van der Waals surface area contributed by atoms with Gasteiger partial charge in [0.25, 0.3) is 0 Å². The number of likely N-dealkylation sites (N-methyl/N-ethyl adjacent to an activating group) is 1. The number of hydrogen-bond acceptors (Lipinski definition) is 5. The predicted octanol–water partition coefficient (Wildman–Crippen LogP) is 7.57. The standard InChI is InChI=1S/C44H64N4O4/c1-29(45-5)41(49)47-40(44(2,3)4)43(51)48-28-34-26-36(52-35-20-11-17-31(18-12-21-35)30-14-7-6-8-15-30)25-24-33(34)27-39(48)42(50)46-38-23-13-19-32-16-9-10-22-37(32)38/h9-10,16,22,24-26,29-31,35,38-40,45H,6-8,11-15,17-21,23,27-28H2,1-5H3,(H,46,50)(H,47,49)/t29-,31?,35?,38+,39-,40+/m0/s1. The Hall–Kier alpha value is -3.39. The summed E-state index contributed by atoms with van der Waals surface area (Å²) in [5, 5.41) is 9.37. The van der Waals surface area contributed by atoms with Crippen molar-refractivity contribution in [2.45, 2.75) is 161 Å². The summed E-state index contributed by atoms with van der Waals surface area (Å²) in [4.78, 5) is 43.9. The second-order valence-corrected chi connectivity index (χ2v) is 17.3. The Morgan fingerprint density at radius 1 is 0.808 bits per heavy atom. The lowest BCUT2D eigenvalue weighted by Gasteiger charge is -2.42. The lowest BCUT2D eigenvalue weighted by Crippen LogP contribution is -2.62. The van der Waals surface area contributed by atoms with Crippen LogP contribution in [0.5, 0.6) is 5.75 Å². The SMILES string of the molecule is CN[C@@H](C)C(=O)N[C@H](C(=O)N1Cc2cc(OC3CCCC(C4CCCCC4)CCC3)ccc2C[C@H]1C(=O)N[C@@H]1CCCc2ccccc21)C(C)(C)C. The van der Waals surface area contributed by atoms with E-state index in [1.54, 1.807) is 18.9 Å². The van der Waals surface area contributed by atoms with Gasteiger partial charge in [0.15, 0.2) is 0 Å². The number of ether oxygens (including phenoxy) is 1. The Balaban J connectivity index is 1.21. The number of benzene rings is 2. The van der Waals surface area contributed by atoms with Crippen LogP contribution in [0.4, 0.5) is 0 Å². The van der Waals surface area contributed by atoms with Gasteiger partial charge >= 0.3 is 0 Å². The van der Waals surface area contributed by atoms with E-state index >= 15 is 0 Å². The highest BCUT2D eigenvalue weighted by Crippen LogP contribution is 2.38. The molecule has 1 heterocycles. The van der Waals surface area contributed by atoms with Crippen molar-refractivity contribution in [3.63, 3.8) is 0 Å². The first-order chi connectivity index (χ1) is 25.0. The van der Waals surface area contributed by atoms with Gasteiger partial charge in [-0.2, -0.15) is 0 Å². The molecule has 3 amide bonds. The van der Waals surface area contributed by atoms with Crippen LogP contribution in [0, 0.1) is 17.3 Å². The minimum absolute atomic E-state index is 0.0945. The molecule has 284 valence electrons. The van der Waals surface area contributed by atoms with E-state index in [2.05, 4.69) is 52.3 Å². The van der Waals surface area contributed by atoms with Crippen molar-refractivity contribution in [3.05, 3.63) is 64.7 Å². The fourth-order valence-electron chi connectivity index (χ4n) is 9.38. The highest BCUT2D eigenvalue weighted by molar-refractivity contribution is 5.94. The van der Waals surface area contributed by atoms with E-state index in [-0.39, 0.29) is 36.4 Å². The molecule has 3 N–H and O–H groups in total. The third-order valence-corrected chi connectivity index (χ3v) is 12.6. The van der Waals surface area contributed by atoms with Crippen molar-refractivity contribution in [3.8, 4) is 5.75 Å². The molecule has 8 nitrogen and oxygen atoms in total. The molecule has 3 aliphatic carbocycles. The first-order valence-corrected chi connectivity index (χ1v) is 20.5. The minimum Gasteiger partial charge on any atom is -0.490 e. The van der Waals surface area contributed by atoms with Crippen molar-refractivity contribution < 1.29 is 19.1 Å². The number of hydrogen-bond donors (Lipinski definition) is 3. The van der Waals surface area contributed by atoms with Crippen molar-refractivity contribution in [2.75, 3.05) is 7.05 Å². The van der Waals surface area contributed by atoms with E-state index in [9.17, 15) is 14.4 Å². The predicted molar refractivity (Wildman–Crippen MR) is 207 cm³/mol. The molecular formula is C44H64N4O4. The van der Waals surface area contributed by atoms with Gasteiger partial charge in [-0.15, -0.1) is 0 Å². The zero-order valence-electron chi connectivity index (χ0n) is 32.5. The summed E-state index contributed by atoms with van der Waals surface area (Å²) in [6.07, 6.45) is 17.8. The van der Waals surface area contributed by atoms with Crippen LogP contribution in [0.2, 0.25) is 0 Å². The third-order valence-electron chi connectivity index (χ3n) is 12.6. The number of rotatable bonds is 9. The minimum atomic E-state index is -0.810. The van der Waals surface area contributed by atoms with Crippen LogP contribution in [-0.4, -0.2) is 53.9 Å². The third kappa shape index (κ3) is 9.21. The van der Waals surface area contributed by atoms with E-state index in [4.69, 9.17) is 4.74 Å². The van der Waals surface area contributed by atoms with E-state index in [0.717, 1.165) is 66.4 Å². The largest absolute Gasteiger partial charge is 0.490 e. The monoisotopic (exact) mass is 712 g/mol. The van der Waals surface area contributed by atoms with E-state index in [1.165, 1.54) is 63.4 Å². The molecule has 4 atom stereocenters. The molecule has 2 fully saturated rings. The van der Waals surface area contributed by atoms with Crippen LogP contribution in [0.25, 0.3) is 0 Å². The van der Waals surface area contributed by atoms with Gasteiger partial charge in [0.1, 0.15) is 17.8 Å². The molecular weight excluding hydrogens is 649 g/mol. The highest BCUT2D eigenvalue weighted by Gasteiger charge is 2.43. The van der Waals surface area contributed by atoms with Crippen molar-refractivity contribution in [1.29, 1.82) is 0 Å². The van der Waals surface area contributed by atoms with Crippen molar-refractivity contribution >= 4 is 17.7 Å². The maximum atomic E-state index is 14.7. The topological polar surface area (TPSA) is 99.8 Å². The Morgan fingerprint density at radius 2 is 1.50 bits per heavy atom. The fourth-order valence-corrected chi connectivity index (χ4v) is 9.38. The van der Waals surface area contributed by atoms with Crippen LogP contribution in [0.15, 0.2) is 42.5 Å². The number of nitrogens with zero attached hydrogens (tertiary/aromatic N) is 1. The number of fused-ring (bicyclic) bond motifs is 2. The molecule has 0 aromatic heterocycles. The summed E-state index contributed by atoms with van der Waals surface area (Å²) in [6, 6.07) is 12.5. The molecule has 2 aromatic carbocycles. The second-order valence-electron chi connectivity index (χ2n) is 17.3. The summed E-state index contributed by atoms with van der Waals surface area (Å²) < 4.78 is 6.69. The average Bonchev–Trinajstić information content (AvgIpc) is 3.13. The molecule has 1 aliphatic heterocycles. The van der Waals surface area contributed by atoms with Gasteiger partial charge in [-0.3, -0.25) is 14.4 Å². The summed E-state index contributed by atoms with van der Waals surface area (Å²) in [5.41, 5.74) is 3.93. The number of carbonyl (C=O) groups excluding carboxylic acids is 3. The highest BCUT2D eigenvalue weighted by atomic mass is 16.5. The molecule has 2 saturated carbocycles. The zero-order valence-corrected chi connectivity index (χ0v) is 32.5. The first-order valence-electron chi connectivity index (χ1n) is 20.5. The summed E-state index contributed by atoms with van der Waals surface area (Å²) in [7, 11) is 1.73. The molecule has 2 aromatic rings. The van der Waals surface area contributed by atoms with Crippen molar-refractivity contribution in [2.24, 2.45) is 17.3 Å². The fraction of sp³-hybridized carbons (Fsp3) is 0.659. The summed E-state index contributed by atoms with van der Waals surface area (Å²) in [5.74, 6) is 2.02. The smallest absolute Gasteiger partial charge is 0.246 e. The Kier molecular flexibility index (Phi) is 12.7. The average molecular weight is 713 g/mol. The maximum absolute atomic E-state index is 14.7. The van der Waals surface area contributed by atoms with Gasteiger partial charge < -0.3 is 25.6 Å². The van der Waals surface area contributed by atoms with Gasteiger partial charge in [0.2, 0.25) is 17.7 Å². The van der Waals surface area contributed by atoms with Crippen LogP contribution < -0.4 is 20.7 Å². The lowest BCUT2D eigenvalue weighted by atomic mass is 9.74. The number of carbonyl (C=O) groups is 3. The molecule has 0 spiro atoms. The molecule has 0 saturated heterocycles. The molecule has 8 heteroatoms. The zero-order chi connectivity index (χ0) is 36.8. The van der Waals surface area contributed by atoms with Gasteiger partial charge in [-0.05, 0) is 111 Å². The van der Waals surface area contributed by atoms with Crippen LogP contribution in [-0.2, 0) is 33.8 Å². The van der Waals surface area contributed by atoms with Crippen LogP contribution in [0.1, 0.15) is 139 Å². The van der Waals surface area contributed by atoms with E-state index in [1.807, 2.05) is 26.8 Å². The van der Waals surface area contributed by atoms with Crippen molar-refractivity contribution in [1.82, 2.24) is 20.9 Å². The molecule has 0 bridgehead atoms. The Bertz CT molecular complexity index is 1530. The first kappa shape index (κ1) is 38.3. The Labute approximate surface area is 312 Å². The molecule has 4 aliphatic rings. The van der Waals surface area contributed by atoms with Crippen LogP contribution >= 0.6 is 0 Å². The van der Waals surface area contributed by atoms with Crippen LogP contribution in [0.3, 0.4) is 0 Å². The maximum Gasteiger partial charge on any atom is 0.246 e. The van der Waals surface area contributed by atoms with E-state index in [0.29, 0.717) is 6.42 Å². The van der Waals surface area contributed by atoms with E-state index < -0.39 is 23.5 Å². The molecule has 6 rings (SSSR count). The van der Waals surface area contributed by atoms with Gasteiger partial charge in [-0.1, -0.05) is 96.0 Å². The quantitative estimate of drug-likeness (QED) is 0.249.